The van der Waals surface area contributed by atoms with E-state index in [4.69, 9.17) is 5.21 Å². The van der Waals surface area contributed by atoms with Crippen molar-refractivity contribution in [1.29, 1.82) is 0 Å². The zero-order valence-corrected chi connectivity index (χ0v) is 18.2. The van der Waals surface area contributed by atoms with Gasteiger partial charge in [0.2, 0.25) is 0 Å². The van der Waals surface area contributed by atoms with Gasteiger partial charge in [0.25, 0.3) is 11.8 Å². The number of hydroxylamine groups is 1. The molecular weight excluding hydrogens is 437 g/mol. The predicted octanol–water partition coefficient (Wildman–Crippen LogP) is 4.16. The first-order chi connectivity index (χ1) is 16.4. The normalized spacial score (nSPS) is 11.6. The van der Waals surface area contributed by atoms with Gasteiger partial charge in [0.15, 0.2) is 0 Å². The topological polar surface area (TPSA) is 108 Å². The molecule has 7 nitrogen and oxygen atoms in total. The number of aryl methyl sites for hydroxylation is 1. The molecule has 4 amide bonds. The molecule has 34 heavy (non-hydrogen) atoms. The average Bonchev–Trinajstić information content (AvgIpc) is 2.86. The number of carbonyl (C=O) groups excluding carboxylic acids is 3. The van der Waals surface area contributed by atoms with Crippen LogP contribution in [0.3, 0.4) is 0 Å². The van der Waals surface area contributed by atoms with Crippen molar-refractivity contribution in [2.75, 3.05) is 0 Å². The molecular formula is C26H24FN3O4. The van der Waals surface area contributed by atoms with Gasteiger partial charge in [0.1, 0.15) is 5.82 Å². The Kier molecular flexibility index (Phi) is 8.65. The average molecular weight is 461 g/mol. The summed E-state index contributed by atoms with van der Waals surface area (Å²) in [6, 6.07) is 20.6. The highest BCUT2D eigenvalue weighted by Gasteiger charge is 2.17. The highest BCUT2D eigenvalue weighted by Crippen LogP contribution is 2.21. The molecule has 0 aliphatic carbocycles. The third-order valence-corrected chi connectivity index (χ3v) is 5.08. The van der Waals surface area contributed by atoms with Crippen molar-refractivity contribution < 1.29 is 24.0 Å². The van der Waals surface area contributed by atoms with Crippen LogP contribution in [-0.4, -0.2) is 23.1 Å². The fourth-order valence-electron chi connectivity index (χ4n) is 3.29. The molecule has 0 fully saturated rings. The maximum atomic E-state index is 13.2. The summed E-state index contributed by atoms with van der Waals surface area (Å²) in [5.41, 5.74) is 4.29. The Bertz CT molecular complexity index is 1150. The van der Waals surface area contributed by atoms with Crippen LogP contribution in [0.2, 0.25) is 0 Å². The number of benzene rings is 3. The minimum Gasteiger partial charge on any atom is -0.331 e. The molecule has 0 radical (unpaired) electrons. The fraction of sp³-hybridized carbons (Fsp3) is 0.115. The monoisotopic (exact) mass is 461 g/mol. The van der Waals surface area contributed by atoms with Crippen LogP contribution in [0.25, 0.3) is 6.08 Å². The van der Waals surface area contributed by atoms with Gasteiger partial charge in [-0.1, -0.05) is 54.6 Å². The molecule has 174 valence electrons. The van der Waals surface area contributed by atoms with Crippen LogP contribution >= 0.6 is 0 Å². The summed E-state index contributed by atoms with van der Waals surface area (Å²) in [6.07, 6.45) is 3.78. The van der Waals surface area contributed by atoms with E-state index in [0.717, 1.165) is 11.1 Å². The zero-order chi connectivity index (χ0) is 24.3. The van der Waals surface area contributed by atoms with Crippen LogP contribution in [-0.2, 0) is 11.2 Å². The summed E-state index contributed by atoms with van der Waals surface area (Å²) in [5, 5.41) is 13.7. The predicted molar refractivity (Wildman–Crippen MR) is 125 cm³/mol. The summed E-state index contributed by atoms with van der Waals surface area (Å²) in [5.74, 6) is -1.49. The SMILES string of the molecule is O=C(C=Cc1ccc(C(CCc2ccc(F)cc2)NC(=O)NC(=O)c2ccccc2)cc1)NO. The van der Waals surface area contributed by atoms with Gasteiger partial charge in [0.05, 0.1) is 6.04 Å². The molecule has 8 heteroatoms. The van der Waals surface area contributed by atoms with Gasteiger partial charge in [-0.3, -0.25) is 20.1 Å². The molecule has 0 aromatic heterocycles. The van der Waals surface area contributed by atoms with E-state index in [1.54, 1.807) is 66.7 Å². The van der Waals surface area contributed by atoms with E-state index in [1.165, 1.54) is 29.8 Å². The maximum absolute atomic E-state index is 13.2. The quantitative estimate of drug-likeness (QED) is 0.230. The highest BCUT2D eigenvalue weighted by atomic mass is 19.1. The molecule has 3 aromatic rings. The van der Waals surface area contributed by atoms with E-state index >= 15 is 0 Å². The third-order valence-electron chi connectivity index (χ3n) is 5.08. The molecule has 0 aliphatic rings. The molecule has 0 aliphatic heterocycles. The lowest BCUT2D eigenvalue weighted by atomic mass is 9.98. The van der Waals surface area contributed by atoms with Gasteiger partial charge >= 0.3 is 6.03 Å². The lowest BCUT2D eigenvalue weighted by Crippen LogP contribution is -2.41. The molecule has 0 heterocycles. The largest absolute Gasteiger partial charge is 0.331 e. The first-order valence-corrected chi connectivity index (χ1v) is 10.6. The molecule has 0 saturated carbocycles. The van der Waals surface area contributed by atoms with E-state index in [-0.39, 0.29) is 5.82 Å². The van der Waals surface area contributed by atoms with Crippen molar-refractivity contribution in [1.82, 2.24) is 16.1 Å². The Morgan fingerprint density at radius 3 is 2.24 bits per heavy atom. The van der Waals surface area contributed by atoms with Crippen LogP contribution in [0.5, 0.6) is 0 Å². The number of amides is 4. The van der Waals surface area contributed by atoms with Crippen molar-refractivity contribution in [2.24, 2.45) is 0 Å². The molecule has 0 bridgehead atoms. The van der Waals surface area contributed by atoms with E-state index in [9.17, 15) is 18.8 Å². The molecule has 3 aromatic carbocycles. The van der Waals surface area contributed by atoms with E-state index < -0.39 is 23.9 Å². The highest BCUT2D eigenvalue weighted by molar-refractivity contribution is 6.04. The number of urea groups is 1. The summed E-state index contributed by atoms with van der Waals surface area (Å²) in [7, 11) is 0. The molecule has 0 saturated heterocycles. The number of hydrogen-bond acceptors (Lipinski definition) is 4. The number of imide groups is 1. The molecule has 0 spiro atoms. The van der Waals surface area contributed by atoms with Crippen LogP contribution < -0.4 is 16.1 Å². The van der Waals surface area contributed by atoms with E-state index in [1.807, 2.05) is 0 Å². The van der Waals surface area contributed by atoms with Crippen LogP contribution in [0.15, 0.2) is 84.9 Å². The number of nitrogens with one attached hydrogen (secondary N) is 3. The smallest absolute Gasteiger partial charge is 0.322 e. The lowest BCUT2D eigenvalue weighted by molar-refractivity contribution is -0.124. The van der Waals surface area contributed by atoms with Crippen molar-refractivity contribution in [3.8, 4) is 0 Å². The second kappa shape index (κ2) is 12.1. The summed E-state index contributed by atoms with van der Waals surface area (Å²) in [4.78, 5) is 36.0. The minimum atomic E-state index is -0.650. The van der Waals surface area contributed by atoms with E-state index in [2.05, 4.69) is 10.6 Å². The van der Waals surface area contributed by atoms with Crippen molar-refractivity contribution in [3.63, 3.8) is 0 Å². The maximum Gasteiger partial charge on any atom is 0.322 e. The fourth-order valence-corrected chi connectivity index (χ4v) is 3.29. The van der Waals surface area contributed by atoms with Crippen LogP contribution in [0, 0.1) is 5.82 Å². The van der Waals surface area contributed by atoms with Crippen molar-refractivity contribution in [2.45, 2.75) is 18.9 Å². The van der Waals surface area contributed by atoms with Gasteiger partial charge < -0.3 is 5.32 Å². The Labute approximate surface area is 196 Å². The van der Waals surface area contributed by atoms with Gasteiger partial charge in [-0.15, -0.1) is 0 Å². The molecule has 1 atom stereocenters. The van der Waals surface area contributed by atoms with Gasteiger partial charge in [-0.25, -0.2) is 14.7 Å². The standard InChI is InChI=1S/C26H24FN3O4/c27-22-14-8-19(9-15-22)10-16-23(20-12-6-18(7-13-20)11-17-24(31)30-34)28-26(33)29-25(32)21-4-2-1-3-5-21/h1-9,11-15,17,23,34H,10,16H2,(H,30,31)(H2,28,29,32,33). The van der Waals surface area contributed by atoms with Gasteiger partial charge in [-0.05, 0) is 59.9 Å². The molecule has 3 rings (SSSR count). The van der Waals surface area contributed by atoms with Gasteiger partial charge in [-0.2, -0.15) is 0 Å². The Hall–Kier alpha value is -4.30. The first-order valence-electron chi connectivity index (χ1n) is 10.6. The number of rotatable bonds is 8. The van der Waals surface area contributed by atoms with Crippen LogP contribution in [0.4, 0.5) is 9.18 Å². The Morgan fingerprint density at radius 1 is 0.912 bits per heavy atom. The third kappa shape index (κ3) is 7.39. The summed E-state index contributed by atoms with van der Waals surface area (Å²) in [6.45, 7) is 0. The van der Waals surface area contributed by atoms with Crippen molar-refractivity contribution >= 4 is 23.9 Å². The lowest BCUT2D eigenvalue weighted by Gasteiger charge is -2.20. The summed E-state index contributed by atoms with van der Waals surface area (Å²) < 4.78 is 13.2. The first kappa shape index (κ1) is 24.3. The second-order valence-corrected chi connectivity index (χ2v) is 7.49. The number of halogens is 1. The number of carbonyl (C=O) groups is 3. The molecule has 1 unspecified atom stereocenters. The minimum absolute atomic E-state index is 0.323. The Balaban J connectivity index is 1.72. The second-order valence-electron chi connectivity index (χ2n) is 7.49. The van der Waals surface area contributed by atoms with Crippen molar-refractivity contribution in [3.05, 3.63) is 113 Å². The number of hydrogen-bond donors (Lipinski definition) is 4. The molecule has 4 N–H and O–H groups in total. The van der Waals surface area contributed by atoms with Gasteiger partial charge in [0, 0.05) is 11.6 Å². The van der Waals surface area contributed by atoms with Crippen LogP contribution in [0.1, 0.15) is 39.5 Å². The zero-order valence-electron chi connectivity index (χ0n) is 18.2. The Morgan fingerprint density at radius 2 is 1.59 bits per heavy atom. The van der Waals surface area contributed by atoms with E-state index in [0.29, 0.717) is 24.0 Å². The summed E-state index contributed by atoms with van der Waals surface area (Å²) >= 11 is 0.